The second-order valence-corrected chi connectivity index (χ2v) is 7.30. The first-order valence-corrected chi connectivity index (χ1v) is 9.29. The van der Waals surface area contributed by atoms with Crippen LogP contribution in [0, 0.1) is 3.57 Å². The van der Waals surface area contributed by atoms with Crippen molar-refractivity contribution >= 4 is 28.5 Å². The van der Waals surface area contributed by atoms with Crippen molar-refractivity contribution in [3.8, 4) is 11.5 Å². The SMILES string of the molecule is COc1ccc(OC)c(C2CC(c3ccc(I)cc3)Nc3nnnn32)c1. The third-order valence-corrected chi connectivity index (χ3v) is 5.34. The van der Waals surface area contributed by atoms with Crippen LogP contribution in [0.5, 0.6) is 11.5 Å². The van der Waals surface area contributed by atoms with Gasteiger partial charge in [0.05, 0.1) is 26.3 Å². The minimum Gasteiger partial charge on any atom is -0.497 e. The van der Waals surface area contributed by atoms with E-state index in [1.165, 1.54) is 9.13 Å². The average molecular weight is 463 g/mol. The number of halogens is 1. The van der Waals surface area contributed by atoms with Crippen molar-refractivity contribution in [3.05, 3.63) is 57.2 Å². The number of hydrogen-bond acceptors (Lipinski definition) is 6. The summed E-state index contributed by atoms with van der Waals surface area (Å²) in [5, 5.41) is 15.6. The summed E-state index contributed by atoms with van der Waals surface area (Å²) in [4.78, 5) is 0. The van der Waals surface area contributed by atoms with Gasteiger partial charge in [-0.3, -0.25) is 0 Å². The van der Waals surface area contributed by atoms with E-state index in [4.69, 9.17) is 9.47 Å². The number of rotatable bonds is 4. The quantitative estimate of drug-likeness (QED) is 0.598. The first-order valence-electron chi connectivity index (χ1n) is 8.21. The Kier molecular flexibility index (Phi) is 4.66. The van der Waals surface area contributed by atoms with Crippen molar-refractivity contribution in [1.29, 1.82) is 0 Å². The first-order chi connectivity index (χ1) is 12.7. The molecular weight excluding hydrogens is 445 g/mol. The van der Waals surface area contributed by atoms with Crippen LogP contribution in [0.1, 0.15) is 29.6 Å². The molecule has 2 unspecified atom stereocenters. The van der Waals surface area contributed by atoms with Gasteiger partial charge in [0.2, 0.25) is 5.95 Å². The number of benzene rings is 2. The molecule has 0 saturated carbocycles. The largest absolute Gasteiger partial charge is 0.497 e. The summed E-state index contributed by atoms with van der Waals surface area (Å²) < 4.78 is 14.0. The lowest BCUT2D eigenvalue weighted by Crippen LogP contribution is -2.28. The van der Waals surface area contributed by atoms with E-state index in [2.05, 4.69) is 67.7 Å². The Morgan fingerprint density at radius 2 is 1.92 bits per heavy atom. The van der Waals surface area contributed by atoms with Gasteiger partial charge >= 0.3 is 0 Å². The fraction of sp³-hybridized carbons (Fsp3) is 0.278. The summed E-state index contributed by atoms with van der Waals surface area (Å²) in [6.45, 7) is 0. The average Bonchev–Trinajstić information content (AvgIpc) is 3.16. The molecule has 1 aromatic heterocycles. The molecule has 26 heavy (non-hydrogen) atoms. The van der Waals surface area contributed by atoms with E-state index in [0.29, 0.717) is 5.95 Å². The highest BCUT2D eigenvalue weighted by molar-refractivity contribution is 14.1. The van der Waals surface area contributed by atoms with Gasteiger partial charge in [-0.15, -0.1) is 0 Å². The Labute approximate surface area is 164 Å². The van der Waals surface area contributed by atoms with E-state index < -0.39 is 0 Å². The first kappa shape index (κ1) is 17.1. The van der Waals surface area contributed by atoms with Gasteiger partial charge in [0.25, 0.3) is 0 Å². The summed E-state index contributed by atoms with van der Waals surface area (Å²) >= 11 is 2.31. The molecule has 4 rings (SSSR count). The predicted octanol–water partition coefficient (Wildman–Crippen LogP) is 3.44. The van der Waals surface area contributed by atoms with Crippen LogP contribution in [0.2, 0.25) is 0 Å². The van der Waals surface area contributed by atoms with Crippen molar-refractivity contribution < 1.29 is 9.47 Å². The zero-order valence-electron chi connectivity index (χ0n) is 14.4. The minimum absolute atomic E-state index is 0.0596. The molecule has 134 valence electrons. The van der Waals surface area contributed by atoms with E-state index in [9.17, 15) is 0 Å². The molecule has 0 bridgehead atoms. The number of anilines is 1. The molecule has 1 N–H and O–H groups in total. The molecule has 0 spiro atoms. The number of methoxy groups -OCH3 is 2. The standard InChI is InChI=1S/C18H18IN5O2/c1-25-13-7-8-17(26-2)14(9-13)16-10-15(11-3-5-12(19)6-4-11)20-18-21-22-23-24(16)18/h3-9,15-16H,10H2,1-2H3,(H,20,21,23). The van der Waals surface area contributed by atoms with Crippen LogP contribution in [0.15, 0.2) is 42.5 Å². The van der Waals surface area contributed by atoms with Gasteiger partial charge < -0.3 is 14.8 Å². The number of hydrogen-bond donors (Lipinski definition) is 1. The molecule has 0 radical (unpaired) electrons. The highest BCUT2D eigenvalue weighted by Crippen LogP contribution is 2.41. The monoisotopic (exact) mass is 463 g/mol. The smallest absolute Gasteiger partial charge is 0.243 e. The summed E-state index contributed by atoms with van der Waals surface area (Å²) in [5.41, 5.74) is 2.20. The van der Waals surface area contributed by atoms with Crippen LogP contribution in [0.3, 0.4) is 0 Å². The van der Waals surface area contributed by atoms with Gasteiger partial charge in [0, 0.05) is 9.13 Å². The number of ether oxygens (including phenoxy) is 2. The lowest BCUT2D eigenvalue weighted by Gasteiger charge is -2.31. The summed E-state index contributed by atoms with van der Waals surface area (Å²) in [6.07, 6.45) is 0.794. The number of nitrogens with one attached hydrogen (secondary N) is 1. The molecule has 2 heterocycles. The number of fused-ring (bicyclic) bond motifs is 1. The zero-order valence-corrected chi connectivity index (χ0v) is 16.5. The third kappa shape index (κ3) is 3.09. The molecule has 0 aliphatic carbocycles. The van der Waals surface area contributed by atoms with E-state index in [1.54, 1.807) is 18.9 Å². The van der Waals surface area contributed by atoms with Crippen LogP contribution >= 0.6 is 22.6 Å². The van der Waals surface area contributed by atoms with Gasteiger partial charge in [-0.05, 0) is 75.3 Å². The Morgan fingerprint density at radius 1 is 1.12 bits per heavy atom. The fourth-order valence-electron chi connectivity index (χ4n) is 3.31. The Hall–Kier alpha value is -2.36. The van der Waals surface area contributed by atoms with Crippen LogP contribution in [-0.2, 0) is 0 Å². The topological polar surface area (TPSA) is 74.1 Å². The van der Waals surface area contributed by atoms with Crippen molar-refractivity contribution in [2.75, 3.05) is 19.5 Å². The van der Waals surface area contributed by atoms with Crippen LogP contribution in [0.25, 0.3) is 0 Å². The molecule has 0 saturated heterocycles. The second kappa shape index (κ2) is 7.10. The van der Waals surface area contributed by atoms with E-state index in [1.807, 2.05) is 18.2 Å². The summed E-state index contributed by atoms with van der Waals surface area (Å²) in [7, 11) is 3.33. The van der Waals surface area contributed by atoms with E-state index in [0.717, 1.165) is 23.5 Å². The molecule has 0 fully saturated rings. The lowest BCUT2D eigenvalue weighted by atomic mass is 9.92. The minimum atomic E-state index is -0.0596. The molecule has 8 heteroatoms. The predicted molar refractivity (Wildman–Crippen MR) is 106 cm³/mol. The number of nitrogens with zero attached hydrogens (tertiary/aromatic N) is 4. The highest BCUT2D eigenvalue weighted by Gasteiger charge is 2.32. The van der Waals surface area contributed by atoms with Crippen LogP contribution in [0.4, 0.5) is 5.95 Å². The van der Waals surface area contributed by atoms with Crippen LogP contribution < -0.4 is 14.8 Å². The molecule has 0 amide bonds. The second-order valence-electron chi connectivity index (χ2n) is 6.05. The highest BCUT2D eigenvalue weighted by atomic mass is 127. The van der Waals surface area contributed by atoms with Crippen molar-refractivity contribution in [2.45, 2.75) is 18.5 Å². The Balaban J connectivity index is 1.77. The molecule has 1 aliphatic heterocycles. The number of aromatic nitrogens is 4. The lowest BCUT2D eigenvalue weighted by molar-refractivity contribution is 0.371. The molecule has 7 nitrogen and oxygen atoms in total. The summed E-state index contributed by atoms with van der Waals surface area (Å²) in [6, 6.07) is 14.3. The van der Waals surface area contributed by atoms with Crippen molar-refractivity contribution in [3.63, 3.8) is 0 Å². The van der Waals surface area contributed by atoms with Gasteiger partial charge in [-0.2, -0.15) is 0 Å². The van der Waals surface area contributed by atoms with Gasteiger partial charge in [0.15, 0.2) is 0 Å². The van der Waals surface area contributed by atoms with Crippen molar-refractivity contribution in [1.82, 2.24) is 20.2 Å². The van der Waals surface area contributed by atoms with Gasteiger partial charge in [0.1, 0.15) is 11.5 Å². The van der Waals surface area contributed by atoms with E-state index in [-0.39, 0.29) is 12.1 Å². The van der Waals surface area contributed by atoms with E-state index >= 15 is 0 Å². The third-order valence-electron chi connectivity index (χ3n) is 4.62. The van der Waals surface area contributed by atoms with Crippen LogP contribution in [-0.4, -0.2) is 34.4 Å². The fourth-order valence-corrected chi connectivity index (χ4v) is 3.67. The molecule has 2 aromatic carbocycles. The molecule has 3 aromatic rings. The van der Waals surface area contributed by atoms with Gasteiger partial charge in [-0.25, -0.2) is 4.68 Å². The molecule has 2 atom stereocenters. The number of tetrazole rings is 1. The zero-order chi connectivity index (χ0) is 18.1. The molecular formula is C18H18IN5O2. The Morgan fingerprint density at radius 3 is 2.65 bits per heavy atom. The van der Waals surface area contributed by atoms with Crippen molar-refractivity contribution in [2.24, 2.45) is 0 Å². The molecule has 1 aliphatic rings. The summed E-state index contributed by atoms with van der Waals surface area (Å²) in [5.74, 6) is 2.22. The van der Waals surface area contributed by atoms with Gasteiger partial charge in [-0.1, -0.05) is 17.2 Å². The Bertz CT molecular complexity index is 912. The maximum Gasteiger partial charge on any atom is 0.243 e. The normalized spacial score (nSPS) is 18.7. The maximum atomic E-state index is 5.59. The maximum absolute atomic E-state index is 5.59.